The first-order chi connectivity index (χ1) is 21.4. The Morgan fingerprint density at radius 1 is 0.723 bits per heavy atom. The molecule has 0 atom stereocenters. The van der Waals surface area contributed by atoms with Gasteiger partial charge >= 0.3 is 23.9 Å². The molecule has 0 amide bonds. The number of esters is 3. The van der Waals surface area contributed by atoms with E-state index in [1.807, 2.05) is 0 Å². The summed E-state index contributed by atoms with van der Waals surface area (Å²) in [6, 6.07) is 7.50. The van der Waals surface area contributed by atoms with Gasteiger partial charge in [-0.05, 0) is 90.8 Å². The highest BCUT2D eigenvalue weighted by Crippen LogP contribution is 2.29. The first-order valence-corrected chi connectivity index (χ1v) is 15.2. The van der Waals surface area contributed by atoms with Crippen molar-refractivity contribution in [3.05, 3.63) is 70.3 Å². The largest absolute Gasteiger partial charge is 0.481 e. The zero-order valence-corrected chi connectivity index (χ0v) is 29.7. The highest BCUT2D eigenvalue weighted by atomic mass is 35.6. The Morgan fingerprint density at radius 2 is 1.11 bits per heavy atom. The van der Waals surface area contributed by atoms with Gasteiger partial charge in [-0.1, -0.05) is 46.9 Å². The van der Waals surface area contributed by atoms with E-state index in [0.29, 0.717) is 0 Å². The van der Waals surface area contributed by atoms with Crippen LogP contribution in [0.3, 0.4) is 0 Å². The summed E-state index contributed by atoms with van der Waals surface area (Å²) in [6.45, 7) is 14.3. The van der Waals surface area contributed by atoms with Gasteiger partial charge in [0.15, 0.2) is 0 Å². The standard InChI is InChI=1S/C15H19FO4.C11H11FO4.C6H10Cl3NO/c1-5-19-14(18)11-7-6-10(12(16)8-11)9-13(17)20-15(2,3)4;1-2-16-11(15)8-4-3-7(6-10(13)14)9(12)5-8;1-5(2,3)11-4(10)6(7,8)9/h6-8H,5,9H2,1-4H3;3-5H,2,6H2,1H3,(H,13,14);10H,1-3H3. The third-order valence-corrected chi connectivity index (χ3v) is 5.41. The van der Waals surface area contributed by atoms with Gasteiger partial charge in [0, 0.05) is 0 Å². The van der Waals surface area contributed by atoms with Gasteiger partial charge in [0.25, 0.3) is 3.79 Å². The lowest BCUT2D eigenvalue weighted by Gasteiger charge is -2.24. The highest BCUT2D eigenvalue weighted by Gasteiger charge is 2.31. The molecule has 0 radical (unpaired) electrons. The molecule has 0 spiro atoms. The van der Waals surface area contributed by atoms with Crippen LogP contribution in [0.25, 0.3) is 0 Å². The van der Waals surface area contributed by atoms with Gasteiger partial charge in [0.1, 0.15) is 22.8 Å². The third-order valence-electron chi connectivity index (χ3n) is 4.89. The lowest BCUT2D eigenvalue weighted by atomic mass is 10.1. The van der Waals surface area contributed by atoms with E-state index in [4.69, 9.17) is 59.5 Å². The summed E-state index contributed by atoms with van der Waals surface area (Å²) >= 11 is 16.1. The Kier molecular flexibility index (Phi) is 17.9. The van der Waals surface area contributed by atoms with E-state index in [0.717, 1.165) is 12.1 Å². The Labute approximate surface area is 288 Å². The van der Waals surface area contributed by atoms with Crippen molar-refractivity contribution >= 4 is 64.6 Å². The maximum absolute atomic E-state index is 13.8. The fourth-order valence-electron chi connectivity index (χ4n) is 3.12. The van der Waals surface area contributed by atoms with Crippen LogP contribution in [0.1, 0.15) is 87.2 Å². The molecular weight excluding hydrogens is 687 g/mol. The predicted molar refractivity (Wildman–Crippen MR) is 174 cm³/mol. The maximum Gasteiger partial charge on any atom is 0.338 e. The van der Waals surface area contributed by atoms with Crippen molar-refractivity contribution in [1.29, 1.82) is 5.41 Å². The Morgan fingerprint density at radius 3 is 1.38 bits per heavy atom. The molecule has 10 nitrogen and oxygen atoms in total. The summed E-state index contributed by atoms with van der Waals surface area (Å²) in [4.78, 5) is 44.7. The van der Waals surface area contributed by atoms with Crippen molar-refractivity contribution in [3.8, 4) is 0 Å². The molecule has 2 aromatic rings. The van der Waals surface area contributed by atoms with Gasteiger partial charge in [-0.3, -0.25) is 15.0 Å². The number of nitrogens with one attached hydrogen (secondary N) is 1. The summed E-state index contributed by atoms with van der Waals surface area (Å²) in [5.41, 5.74) is -0.682. The molecule has 15 heteroatoms. The average molecular weight is 727 g/mol. The SMILES string of the molecule is CC(C)(C)OC(=N)C(Cl)(Cl)Cl.CCOC(=O)c1ccc(CC(=O)O)c(F)c1.CCOC(=O)c1ccc(CC(=O)OC(C)(C)C)c(F)c1. The van der Waals surface area contributed by atoms with Crippen molar-refractivity contribution in [2.45, 2.75) is 83.2 Å². The van der Waals surface area contributed by atoms with Gasteiger partial charge in [-0.15, -0.1) is 0 Å². The van der Waals surface area contributed by atoms with Crippen LogP contribution in [0, 0.1) is 17.0 Å². The predicted octanol–water partition coefficient (Wildman–Crippen LogP) is 7.67. The van der Waals surface area contributed by atoms with E-state index in [1.165, 1.54) is 24.3 Å². The van der Waals surface area contributed by atoms with Crippen LogP contribution in [-0.4, -0.2) is 63.1 Å². The molecule has 47 heavy (non-hydrogen) atoms. The molecule has 0 aliphatic heterocycles. The zero-order valence-electron chi connectivity index (χ0n) is 27.4. The van der Waals surface area contributed by atoms with E-state index in [2.05, 4.69) is 4.74 Å². The number of benzene rings is 2. The number of carboxylic acids is 1. The molecule has 0 bridgehead atoms. The fourth-order valence-corrected chi connectivity index (χ4v) is 3.24. The molecule has 2 N–H and O–H groups in total. The van der Waals surface area contributed by atoms with Gasteiger partial charge < -0.3 is 24.1 Å². The van der Waals surface area contributed by atoms with Gasteiger partial charge in [0.2, 0.25) is 5.90 Å². The smallest absolute Gasteiger partial charge is 0.338 e. The minimum atomic E-state index is -1.76. The highest BCUT2D eigenvalue weighted by molar-refractivity contribution is 6.76. The van der Waals surface area contributed by atoms with Gasteiger partial charge in [-0.25, -0.2) is 18.4 Å². The van der Waals surface area contributed by atoms with E-state index in [9.17, 15) is 28.0 Å². The van der Waals surface area contributed by atoms with Crippen LogP contribution in [-0.2, 0) is 41.4 Å². The molecular formula is C32H40Cl3F2NO9. The first-order valence-electron chi connectivity index (χ1n) is 14.1. The molecule has 0 aromatic heterocycles. The lowest BCUT2D eigenvalue weighted by Crippen LogP contribution is -2.31. The Bertz CT molecular complexity index is 1400. The minimum Gasteiger partial charge on any atom is -0.481 e. The molecule has 2 aromatic carbocycles. The molecule has 0 aliphatic carbocycles. The number of alkyl halides is 3. The quantitative estimate of drug-likeness (QED) is 0.0919. The number of carboxylic acid groups (broad SMARTS) is 1. The van der Waals surface area contributed by atoms with Crippen LogP contribution in [0.4, 0.5) is 8.78 Å². The second kappa shape index (κ2) is 19.4. The van der Waals surface area contributed by atoms with E-state index in [1.54, 1.807) is 55.4 Å². The van der Waals surface area contributed by atoms with Crippen LogP contribution in [0.2, 0.25) is 0 Å². The number of rotatable bonds is 8. The number of hydrogen-bond donors (Lipinski definition) is 2. The zero-order chi connectivity index (χ0) is 36.8. The van der Waals surface area contributed by atoms with Crippen molar-refractivity contribution in [1.82, 2.24) is 0 Å². The Hall–Kier alpha value is -3.48. The van der Waals surface area contributed by atoms with Crippen molar-refractivity contribution in [2.24, 2.45) is 0 Å². The monoisotopic (exact) mass is 725 g/mol. The van der Waals surface area contributed by atoms with E-state index in [-0.39, 0.29) is 47.8 Å². The number of carbonyl (C=O) groups excluding carboxylic acids is 3. The number of halogens is 5. The van der Waals surface area contributed by atoms with E-state index >= 15 is 0 Å². The normalized spacial score (nSPS) is 11.1. The summed E-state index contributed by atoms with van der Waals surface area (Å²) < 4.78 is 45.0. The van der Waals surface area contributed by atoms with Crippen LogP contribution < -0.4 is 0 Å². The first kappa shape index (κ1) is 43.5. The van der Waals surface area contributed by atoms with Crippen LogP contribution in [0.5, 0.6) is 0 Å². The molecule has 0 aliphatic rings. The number of aliphatic carboxylic acids is 1. The molecule has 0 saturated heterocycles. The molecule has 0 heterocycles. The summed E-state index contributed by atoms with van der Waals surface area (Å²) in [5, 5.41) is 15.7. The van der Waals surface area contributed by atoms with Gasteiger partial charge in [0.05, 0.1) is 37.2 Å². The van der Waals surface area contributed by atoms with Crippen LogP contribution in [0.15, 0.2) is 36.4 Å². The molecule has 2 rings (SSSR count). The number of ether oxygens (including phenoxy) is 4. The van der Waals surface area contributed by atoms with Gasteiger partial charge in [-0.2, -0.15) is 0 Å². The average Bonchev–Trinajstić information content (AvgIpc) is 2.89. The second-order valence-corrected chi connectivity index (χ2v) is 13.7. The maximum atomic E-state index is 13.8. The summed E-state index contributed by atoms with van der Waals surface area (Å²) in [6.07, 6.45) is -0.582. The van der Waals surface area contributed by atoms with E-state index < -0.39 is 56.9 Å². The molecule has 0 fully saturated rings. The van der Waals surface area contributed by atoms with Crippen molar-refractivity contribution in [3.63, 3.8) is 0 Å². The third kappa shape index (κ3) is 19.1. The number of hydrogen-bond acceptors (Lipinski definition) is 9. The summed E-state index contributed by atoms with van der Waals surface area (Å²) in [5.74, 6) is -4.54. The molecule has 0 saturated carbocycles. The lowest BCUT2D eigenvalue weighted by molar-refractivity contribution is -0.154. The minimum absolute atomic E-state index is 0.0422. The molecule has 262 valence electrons. The van der Waals surface area contributed by atoms with Crippen LogP contribution >= 0.6 is 34.8 Å². The summed E-state index contributed by atoms with van der Waals surface area (Å²) in [7, 11) is 0. The Balaban J connectivity index is 0.000000706. The number of carbonyl (C=O) groups is 4. The van der Waals surface area contributed by atoms with Crippen molar-refractivity contribution < 1.29 is 52.0 Å². The topological polar surface area (TPSA) is 149 Å². The fraction of sp³-hybridized carbons (Fsp3) is 0.469. The van der Waals surface area contributed by atoms with Crippen molar-refractivity contribution in [2.75, 3.05) is 13.2 Å². The second-order valence-electron chi connectivity index (χ2n) is 11.4. The molecule has 0 unspecified atom stereocenters.